The van der Waals surface area contributed by atoms with E-state index < -0.39 is 12.9 Å². The molecule has 2 aromatic heterocycles. The number of hydrogen-bond acceptors (Lipinski definition) is 6. The zero-order valence-electron chi connectivity index (χ0n) is 19.4. The van der Waals surface area contributed by atoms with Crippen molar-refractivity contribution < 1.29 is 28.4 Å². The van der Waals surface area contributed by atoms with Crippen LogP contribution in [0.2, 0.25) is 0 Å². The first kappa shape index (κ1) is 28.6. The molecule has 0 aliphatic carbocycles. The maximum absolute atomic E-state index is 13.5. The van der Waals surface area contributed by atoms with E-state index in [0.717, 1.165) is 15.6 Å². The smallest absolute Gasteiger partial charge is 0.423 e. The van der Waals surface area contributed by atoms with E-state index in [0.29, 0.717) is 35.1 Å². The second kappa shape index (κ2) is 14.1. The SMILES string of the molecule is Cc1ccc(F)c(-c2ccc(C=O)nc2)c1.Cc1ccc(F)c(B(O)O)c1.O=Cc1ccc(Br)cn1. The summed E-state index contributed by atoms with van der Waals surface area (Å²) in [4.78, 5) is 28.2. The Kier molecular flexibility index (Phi) is 11.2. The van der Waals surface area contributed by atoms with Gasteiger partial charge in [-0.25, -0.2) is 8.78 Å². The van der Waals surface area contributed by atoms with Gasteiger partial charge in [0.15, 0.2) is 12.6 Å². The van der Waals surface area contributed by atoms with Crippen LogP contribution in [0, 0.1) is 25.5 Å². The summed E-state index contributed by atoms with van der Waals surface area (Å²) in [6.45, 7) is 3.65. The standard InChI is InChI=1S/C13H10FNO.C7H8BFO2.C6H4BrNO/c1-9-2-5-13(14)12(6-9)10-3-4-11(8-16)15-7-10;1-5-2-3-7(9)6(4-5)8(10)11;7-5-1-2-6(4-9)8-3-5/h2-8H,1H3;2-4,10-11H,1H3;1-4H. The van der Waals surface area contributed by atoms with Crippen molar-refractivity contribution in [3.8, 4) is 11.1 Å². The number of rotatable bonds is 4. The van der Waals surface area contributed by atoms with Gasteiger partial charge in [0.05, 0.1) is 0 Å². The highest BCUT2D eigenvalue weighted by molar-refractivity contribution is 9.10. The molecule has 0 saturated carbocycles. The van der Waals surface area contributed by atoms with Crippen molar-refractivity contribution in [3.63, 3.8) is 0 Å². The molecular weight excluding hydrogens is 533 g/mol. The highest BCUT2D eigenvalue weighted by atomic mass is 79.9. The summed E-state index contributed by atoms with van der Waals surface area (Å²) >= 11 is 3.20. The quantitative estimate of drug-likeness (QED) is 0.285. The van der Waals surface area contributed by atoms with E-state index in [1.807, 2.05) is 6.92 Å². The van der Waals surface area contributed by atoms with Gasteiger partial charge in [-0.15, -0.1) is 0 Å². The molecule has 0 saturated heterocycles. The largest absolute Gasteiger partial charge is 0.491 e. The second-order valence-electron chi connectivity index (χ2n) is 7.49. The van der Waals surface area contributed by atoms with E-state index in [-0.39, 0.29) is 11.3 Å². The fourth-order valence-corrected chi connectivity index (χ4v) is 3.05. The molecule has 0 atom stereocenters. The average Bonchev–Trinajstić information content (AvgIpc) is 2.88. The fraction of sp³-hybridized carbons (Fsp3) is 0.0769. The monoisotopic (exact) mass is 554 g/mol. The molecule has 2 aromatic carbocycles. The minimum Gasteiger partial charge on any atom is -0.423 e. The van der Waals surface area contributed by atoms with Crippen LogP contribution < -0.4 is 5.46 Å². The van der Waals surface area contributed by atoms with Crippen LogP contribution in [0.5, 0.6) is 0 Å². The Bertz CT molecular complexity index is 1300. The Hall–Kier alpha value is -3.60. The van der Waals surface area contributed by atoms with Crippen LogP contribution >= 0.6 is 15.9 Å². The third kappa shape index (κ3) is 8.88. The number of carbonyl (C=O) groups is 2. The van der Waals surface area contributed by atoms with E-state index >= 15 is 0 Å². The molecule has 0 fully saturated rings. The number of hydrogen-bond donors (Lipinski definition) is 2. The van der Waals surface area contributed by atoms with Gasteiger partial charge in [-0.2, -0.15) is 0 Å². The first-order chi connectivity index (χ1) is 17.1. The Labute approximate surface area is 216 Å². The molecule has 10 heteroatoms. The van der Waals surface area contributed by atoms with Crippen LogP contribution in [-0.2, 0) is 0 Å². The lowest BCUT2D eigenvalue weighted by molar-refractivity contribution is 0.111. The minimum absolute atomic E-state index is 0.0787. The summed E-state index contributed by atoms with van der Waals surface area (Å²) in [5, 5.41) is 17.3. The molecule has 4 rings (SSSR count). The molecule has 2 heterocycles. The fourth-order valence-electron chi connectivity index (χ4n) is 2.81. The van der Waals surface area contributed by atoms with E-state index in [1.54, 1.807) is 55.6 Å². The lowest BCUT2D eigenvalue weighted by atomic mass is 9.79. The molecule has 2 N–H and O–H groups in total. The van der Waals surface area contributed by atoms with Crippen molar-refractivity contribution in [2.75, 3.05) is 0 Å². The molecule has 6 nitrogen and oxygen atoms in total. The zero-order chi connectivity index (χ0) is 26.7. The normalized spacial score (nSPS) is 9.75. The van der Waals surface area contributed by atoms with Crippen LogP contribution in [0.1, 0.15) is 32.1 Å². The van der Waals surface area contributed by atoms with Gasteiger partial charge >= 0.3 is 7.12 Å². The van der Waals surface area contributed by atoms with Crippen molar-refractivity contribution in [2.24, 2.45) is 0 Å². The molecule has 0 aliphatic heterocycles. The van der Waals surface area contributed by atoms with Crippen molar-refractivity contribution in [2.45, 2.75) is 13.8 Å². The Morgan fingerprint density at radius 1 is 0.778 bits per heavy atom. The second-order valence-corrected chi connectivity index (χ2v) is 8.41. The number of pyridine rings is 2. The number of aromatic nitrogens is 2. The van der Waals surface area contributed by atoms with Gasteiger partial charge in [0, 0.05) is 33.5 Å². The van der Waals surface area contributed by atoms with Crippen molar-refractivity contribution in [1.29, 1.82) is 0 Å². The van der Waals surface area contributed by atoms with E-state index in [9.17, 15) is 18.4 Å². The van der Waals surface area contributed by atoms with Gasteiger partial charge in [0.2, 0.25) is 0 Å². The lowest BCUT2D eigenvalue weighted by Crippen LogP contribution is -2.32. The van der Waals surface area contributed by atoms with Gasteiger partial charge in [0.1, 0.15) is 23.0 Å². The molecular formula is C26H22BBrF2N2O4. The van der Waals surface area contributed by atoms with Gasteiger partial charge in [0.25, 0.3) is 0 Å². The molecule has 36 heavy (non-hydrogen) atoms. The molecule has 0 aliphatic rings. The predicted molar refractivity (Wildman–Crippen MR) is 138 cm³/mol. The molecule has 0 bridgehead atoms. The van der Waals surface area contributed by atoms with Gasteiger partial charge in [-0.3, -0.25) is 19.6 Å². The summed E-state index contributed by atoms with van der Waals surface area (Å²) in [7, 11) is -1.73. The third-order valence-corrected chi connectivity index (χ3v) is 5.11. The van der Waals surface area contributed by atoms with Crippen LogP contribution in [-0.4, -0.2) is 39.7 Å². The van der Waals surface area contributed by atoms with Crippen molar-refractivity contribution >= 4 is 41.1 Å². The van der Waals surface area contributed by atoms with Crippen LogP contribution in [0.15, 0.2) is 77.5 Å². The molecule has 0 amide bonds. The number of nitrogens with zero attached hydrogens (tertiary/aromatic N) is 2. The molecule has 4 aromatic rings. The number of halogens is 3. The van der Waals surface area contributed by atoms with E-state index in [2.05, 4.69) is 25.9 Å². The van der Waals surface area contributed by atoms with E-state index in [1.165, 1.54) is 24.4 Å². The molecule has 0 spiro atoms. The number of carbonyl (C=O) groups excluding carboxylic acids is 2. The topological polar surface area (TPSA) is 100 Å². The number of benzene rings is 2. The maximum Gasteiger partial charge on any atom is 0.491 e. The Morgan fingerprint density at radius 2 is 1.33 bits per heavy atom. The summed E-state index contributed by atoms with van der Waals surface area (Å²) in [5.41, 5.74) is 3.68. The van der Waals surface area contributed by atoms with Crippen molar-refractivity contribution in [3.05, 3.63) is 112 Å². The minimum atomic E-state index is -1.73. The summed E-state index contributed by atoms with van der Waals surface area (Å²) in [6.07, 6.45) is 4.47. The molecule has 184 valence electrons. The number of aryl methyl sites for hydroxylation is 2. The third-order valence-electron chi connectivity index (χ3n) is 4.64. The average molecular weight is 555 g/mol. The summed E-state index contributed by atoms with van der Waals surface area (Å²) in [5.74, 6) is -0.878. The number of aldehydes is 2. The van der Waals surface area contributed by atoms with Gasteiger partial charge < -0.3 is 10.0 Å². The summed E-state index contributed by atoms with van der Waals surface area (Å²) < 4.78 is 27.1. The predicted octanol–water partition coefficient (Wildman–Crippen LogP) is 4.48. The van der Waals surface area contributed by atoms with Gasteiger partial charge in [-0.05, 0) is 66.2 Å². The van der Waals surface area contributed by atoms with E-state index in [4.69, 9.17) is 10.0 Å². The maximum atomic E-state index is 13.5. The van der Waals surface area contributed by atoms with Crippen molar-refractivity contribution in [1.82, 2.24) is 9.97 Å². The van der Waals surface area contributed by atoms with Crippen LogP contribution in [0.25, 0.3) is 11.1 Å². The highest BCUT2D eigenvalue weighted by Gasteiger charge is 2.15. The molecule has 0 unspecified atom stereocenters. The Balaban J connectivity index is 0.000000200. The first-order valence-corrected chi connectivity index (χ1v) is 11.3. The van der Waals surface area contributed by atoms with Gasteiger partial charge in [-0.1, -0.05) is 35.4 Å². The highest BCUT2D eigenvalue weighted by Crippen LogP contribution is 2.23. The zero-order valence-corrected chi connectivity index (χ0v) is 21.0. The lowest BCUT2D eigenvalue weighted by Gasteiger charge is -2.04. The summed E-state index contributed by atoms with van der Waals surface area (Å²) in [6, 6.07) is 15.8. The first-order valence-electron chi connectivity index (χ1n) is 10.5. The van der Waals surface area contributed by atoms with Crippen LogP contribution in [0.4, 0.5) is 8.78 Å². The Morgan fingerprint density at radius 3 is 1.81 bits per heavy atom. The van der Waals surface area contributed by atoms with Crippen LogP contribution in [0.3, 0.4) is 0 Å². The molecule has 0 radical (unpaired) electrons.